The van der Waals surface area contributed by atoms with Crippen molar-refractivity contribution in [2.24, 2.45) is 0 Å². The number of benzene rings is 2. The van der Waals surface area contributed by atoms with Crippen LogP contribution in [-0.4, -0.2) is 110 Å². The van der Waals surface area contributed by atoms with Gasteiger partial charge in [-0.2, -0.15) is 4.31 Å². The lowest BCUT2D eigenvalue weighted by Gasteiger charge is -2.37. The normalized spacial score (nSPS) is 20.2. The van der Waals surface area contributed by atoms with Crippen molar-refractivity contribution in [3.05, 3.63) is 59.7 Å². The fraction of sp³-hybridized carbons (Fsp3) is 0.500. The van der Waals surface area contributed by atoms with Crippen molar-refractivity contribution >= 4 is 15.9 Å². The lowest BCUT2D eigenvalue weighted by atomic mass is 10.00. The smallest absolute Gasteiger partial charge is 0.258 e. The first-order valence-corrected chi connectivity index (χ1v) is 14.0. The first-order chi connectivity index (χ1) is 17.8. The fourth-order valence-electron chi connectivity index (χ4n) is 4.75. The summed E-state index contributed by atoms with van der Waals surface area (Å²) in [4.78, 5) is 16.5. The van der Waals surface area contributed by atoms with Crippen LogP contribution in [0.4, 0.5) is 0 Å². The van der Waals surface area contributed by atoms with Gasteiger partial charge in [-0.25, -0.2) is 8.42 Å². The molecule has 0 aliphatic carbocycles. The zero-order valence-electron chi connectivity index (χ0n) is 21.1. The Morgan fingerprint density at radius 3 is 2.62 bits per heavy atom. The van der Waals surface area contributed by atoms with Crippen LogP contribution in [0.15, 0.2) is 53.4 Å². The quantitative estimate of drug-likeness (QED) is 0.388. The largest absolute Gasteiger partial charge is 0.482 e. The van der Waals surface area contributed by atoms with Crippen LogP contribution in [0.25, 0.3) is 0 Å². The van der Waals surface area contributed by atoms with Gasteiger partial charge in [-0.15, -0.1) is 0 Å². The summed E-state index contributed by atoms with van der Waals surface area (Å²) in [5.74, 6) is -0.361. The highest BCUT2D eigenvalue weighted by Crippen LogP contribution is 2.28. The maximum atomic E-state index is 13.3. The molecule has 2 aromatic carbocycles. The molecule has 2 aliphatic rings. The summed E-state index contributed by atoms with van der Waals surface area (Å²) in [5, 5.41) is 22.7. The molecule has 4 rings (SSSR count). The van der Waals surface area contributed by atoms with E-state index >= 15 is 0 Å². The Bertz CT molecular complexity index is 1180. The highest BCUT2D eigenvalue weighted by molar-refractivity contribution is 7.89. The number of hydrogen-bond donors (Lipinski definition) is 3. The number of likely N-dealkylation sites (N-methyl/N-ethyl adjacent to an activating group) is 1. The number of sulfonamides is 1. The number of aliphatic hydroxyl groups excluding tert-OH is 2. The van der Waals surface area contributed by atoms with Gasteiger partial charge in [-0.3, -0.25) is 14.6 Å². The van der Waals surface area contributed by atoms with Crippen molar-refractivity contribution in [2.75, 3.05) is 59.5 Å². The van der Waals surface area contributed by atoms with Gasteiger partial charge in [0.1, 0.15) is 10.6 Å². The van der Waals surface area contributed by atoms with Gasteiger partial charge in [0.2, 0.25) is 10.0 Å². The van der Waals surface area contributed by atoms with Crippen LogP contribution in [0.1, 0.15) is 11.1 Å². The maximum Gasteiger partial charge on any atom is 0.258 e. The van der Waals surface area contributed by atoms with Gasteiger partial charge in [0.25, 0.3) is 5.91 Å². The Balaban J connectivity index is 1.27. The monoisotopic (exact) mass is 532 g/mol. The van der Waals surface area contributed by atoms with Crippen LogP contribution in [0.5, 0.6) is 5.75 Å². The summed E-state index contributed by atoms with van der Waals surface area (Å²) in [6.45, 7) is 2.58. The highest BCUT2D eigenvalue weighted by atomic mass is 32.2. The molecule has 11 heteroatoms. The number of hydrogen-bond acceptors (Lipinski definition) is 8. The summed E-state index contributed by atoms with van der Waals surface area (Å²) in [6.07, 6.45) is 0.193. The minimum atomic E-state index is -3.88. The number of nitrogens with one attached hydrogen (secondary N) is 1. The SMILES string of the molecule is CN1CCN(S(=O)(=O)c2ccccc2OCC(=O)NCC(O)CN2CCc3ccccc3C2)CC1CO. The second kappa shape index (κ2) is 12.3. The molecule has 0 bridgehead atoms. The Kier molecular flexibility index (Phi) is 9.17. The first-order valence-electron chi connectivity index (χ1n) is 12.5. The molecule has 0 saturated carbocycles. The second-order valence-corrected chi connectivity index (χ2v) is 11.5. The van der Waals surface area contributed by atoms with Gasteiger partial charge in [0, 0.05) is 51.9 Å². The van der Waals surface area contributed by atoms with Gasteiger partial charge in [-0.05, 0) is 36.7 Å². The summed E-state index contributed by atoms with van der Waals surface area (Å²) in [7, 11) is -2.03. The number of aliphatic hydroxyl groups is 2. The van der Waals surface area contributed by atoms with Gasteiger partial charge >= 0.3 is 0 Å². The van der Waals surface area contributed by atoms with Crippen LogP contribution in [-0.2, 0) is 27.8 Å². The van der Waals surface area contributed by atoms with E-state index < -0.39 is 22.0 Å². The van der Waals surface area contributed by atoms with Crippen molar-refractivity contribution in [2.45, 2.75) is 30.0 Å². The van der Waals surface area contributed by atoms with Crippen molar-refractivity contribution < 1.29 is 28.2 Å². The molecule has 2 aromatic rings. The van der Waals surface area contributed by atoms with E-state index in [9.17, 15) is 23.4 Å². The molecular weight excluding hydrogens is 496 g/mol. The molecule has 3 N–H and O–H groups in total. The average Bonchev–Trinajstić information content (AvgIpc) is 2.91. The van der Waals surface area contributed by atoms with Crippen LogP contribution in [0, 0.1) is 0 Å². The molecule has 2 aliphatic heterocycles. The number of fused-ring (bicyclic) bond motifs is 1. The second-order valence-electron chi connectivity index (χ2n) is 9.63. The minimum Gasteiger partial charge on any atom is -0.482 e. The number of β-amino-alcohol motifs (C(OH)–C–C–N with tert-alkyl or cyclic N) is 1. The van der Waals surface area contributed by atoms with Crippen LogP contribution in [0.2, 0.25) is 0 Å². The number of rotatable bonds is 10. The Hall–Kier alpha value is -2.54. The van der Waals surface area contributed by atoms with Crippen molar-refractivity contribution in [3.8, 4) is 5.75 Å². The molecule has 2 atom stereocenters. The lowest BCUT2D eigenvalue weighted by Crippen LogP contribution is -2.54. The molecule has 10 nitrogen and oxygen atoms in total. The van der Waals surface area contributed by atoms with E-state index in [1.165, 1.54) is 27.6 Å². The number of carbonyl (C=O) groups is 1. The average molecular weight is 533 g/mol. The molecule has 1 fully saturated rings. The third kappa shape index (κ3) is 6.86. The van der Waals surface area contributed by atoms with Crippen molar-refractivity contribution in [3.63, 3.8) is 0 Å². The predicted octanol–water partition coefficient (Wildman–Crippen LogP) is -0.102. The third-order valence-corrected chi connectivity index (χ3v) is 8.89. The minimum absolute atomic E-state index is 0.0190. The number of ether oxygens (including phenoxy) is 1. The van der Waals surface area contributed by atoms with E-state index in [4.69, 9.17) is 4.74 Å². The standard InChI is InChI=1S/C26H36N4O6S/c1-28-12-13-30(16-22(28)18-31)37(34,35)25-9-5-4-8-24(25)36-19-26(33)27-14-23(32)17-29-11-10-20-6-2-3-7-21(20)15-29/h2-9,22-23,31-32H,10-19H2,1H3,(H,27,33). The van der Waals surface area contributed by atoms with E-state index in [0.29, 0.717) is 19.6 Å². The number of carbonyl (C=O) groups excluding carboxylic acids is 1. The number of piperazine rings is 1. The fourth-order valence-corrected chi connectivity index (χ4v) is 6.35. The Morgan fingerprint density at radius 1 is 1.11 bits per heavy atom. The summed E-state index contributed by atoms with van der Waals surface area (Å²) in [6, 6.07) is 14.2. The van der Waals surface area contributed by atoms with Crippen molar-refractivity contribution in [1.82, 2.24) is 19.4 Å². The summed E-state index contributed by atoms with van der Waals surface area (Å²) < 4.78 is 33.6. The van der Waals surface area contributed by atoms with Gasteiger partial charge in [0.05, 0.1) is 12.7 Å². The van der Waals surface area contributed by atoms with Crippen LogP contribution in [0.3, 0.4) is 0 Å². The van der Waals surface area contributed by atoms with Gasteiger partial charge in [0.15, 0.2) is 6.61 Å². The zero-order valence-corrected chi connectivity index (χ0v) is 21.9. The van der Waals surface area contributed by atoms with Crippen LogP contribution < -0.4 is 10.1 Å². The maximum absolute atomic E-state index is 13.3. The molecule has 1 amide bonds. The molecule has 2 heterocycles. The van der Waals surface area contributed by atoms with E-state index in [1.807, 2.05) is 24.1 Å². The van der Waals surface area contributed by atoms with E-state index in [-0.39, 0.29) is 43.0 Å². The van der Waals surface area contributed by atoms with Gasteiger partial charge in [-0.1, -0.05) is 36.4 Å². The number of para-hydroxylation sites is 1. The highest BCUT2D eigenvalue weighted by Gasteiger charge is 2.34. The third-order valence-electron chi connectivity index (χ3n) is 6.99. The zero-order chi connectivity index (χ0) is 26.4. The number of nitrogens with zero attached hydrogens (tertiary/aromatic N) is 3. The molecule has 37 heavy (non-hydrogen) atoms. The Labute approximate surface area is 218 Å². The van der Waals surface area contributed by atoms with Crippen LogP contribution >= 0.6 is 0 Å². The molecule has 2 unspecified atom stereocenters. The summed E-state index contributed by atoms with van der Waals surface area (Å²) >= 11 is 0. The molecule has 202 valence electrons. The number of amides is 1. The van der Waals surface area contributed by atoms with E-state index in [1.54, 1.807) is 12.1 Å². The van der Waals surface area contributed by atoms with E-state index in [0.717, 1.165) is 19.5 Å². The predicted molar refractivity (Wildman–Crippen MR) is 139 cm³/mol. The summed E-state index contributed by atoms with van der Waals surface area (Å²) in [5.41, 5.74) is 2.59. The topological polar surface area (TPSA) is 123 Å². The first kappa shape index (κ1) is 27.5. The molecular formula is C26H36N4O6S. The molecule has 1 saturated heterocycles. The Morgan fingerprint density at radius 2 is 1.84 bits per heavy atom. The lowest BCUT2D eigenvalue weighted by molar-refractivity contribution is -0.123. The van der Waals surface area contributed by atoms with Crippen molar-refractivity contribution in [1.29, 1.82) is 0 Å². The molecule has 0 spiro atoms. The van der Waals surface area contributed by atoms with Gasteiger partial charge < -0.3 is 20.3 Å². The molecule has 0 radical (unpaired) electrons. The molecule has 0 aromatic heterocycles. The van der Waals surface area contributed by atoms with E-state index in [2.05, 4.69) is 22.3 Å².